The van der Waals surface area contributed by atoms with Gasteiger partial charge in [0.2, 0.25) is 5.88 Å². The summed E-state index contributed by atoms with van der Waals surface area (Å²) in [5.41, 5.74) is 2.17. The molecule has 1 aromatic heterocycles. The van der Waals surface area contributed by atoms with Crippen molar-refractivity contribution in [1.29, 1.82) is 0 Å². The number of nitrogens with zero attached hydrogens (tertiary/aromatic N) is 1. The number of rotatable bonds is 5. The molecular weight excluding hydrogens is 426 g/mol. The Bertz CT molecular complexity index is 1320. The van der Waals surface area contributed by atoms with Gasteiger partial charge in [-0.2, -0.15) is 0 Å². The Morgan fingerprint density at radius 3 is 2.58 bits per heavy atom. The first-order valence-corrected chi connectivity index (χ1v) is 10.5. The second-order valence-electron chi connectivity index (χ2n) is 7.86. The number of hydrogen-bond donors (Lipinski definition) is 1. The van der Waals surface area contributed by atoms with E-state index in [0.29, 0.717) is 17.9 Å². The summed E-state index contributed by atoms with van der Waals surface area (Å²) in [5.74, 6) is -1.78. The maximum Gasteiger partial charge on any atom is 0.317 e. The van der Waals surface area contributed by atoms with Crippen LogP contribution in [0.4, 0.5) is 8.78 Å². The summed E-state index contributed by atoms with van der Waals surface area (Å²) in [5, 5.41) is 0. The second kappa shape index (κ2) is 8.50. The average molecular weight is 446 g/mol. The first kappa shape index (κ1) is 20.9. The zero-order chi connectivity index (χ0) is 22.9. The molecule has 166 valence electrons. The van der Waals surface area contributed by atoms with Gasteiger partial charge in [-0.15, -0.1) is 0 Å². The van der Waals surface area contributed by atoms with Crippen molar-refractivity contribution in [2.45, 2.75) is 12.3 Å². The van der Waals surface area contributed by atoms with Crippen molar-refractivity contribution in [2.24, 2.45) is 5.92 Å². The average Bonchev–Trinajstić information content (AvgIpc) is 3.25. The van der Waals surface area contributed by atoms with Gasteiger partial charge in [0.05, 0.1) is 18.6 Å². The van der Waals surface area contributed by atoms with Gasteiger partial charge in [-0.1, -0.05) is 48.5 Å². The lowest BCUT2D eigenvalue weighted by molar-refractivity contribution is -0.141. The van der Waals surface area contributed by atoms with Gasteiger partial charge >= 0.3 is 5.97 Å². The van der Waals surface area contributed by atoms with E-state index in [4.69, 9.17) is 9.47 Å². The van der Waals surface area contributed by atoms with Gasteiger partial charge in [-0.05, 0) is 41.8 Å². The maximum absolute atomic E-state index is 14.4. The van der Waals surface area contributed by atoms with E-state index in [1.54, 1.807) is 7.11 Å². The topological polar surface area (TPSA) is 64.2 Å². The van der Waals surface area contributed by atoms with Crippen LogP contribution >= 0.6 is 0 Å². The van der Waals surface area contributed by atoms with E-state index in [0.717, 1.165) is 29.3 Å². The van der Waals surface area contributed by atoms with Gasteiger partial charge < -0.3 is 14.5 Å². The number of ether oxygens (including phenoxy) is 2. The van der Waals surface area contributed by atoms with E-state index in [1.807, 2.05) is 54.6 Å². The number of fused-ring (bicyclic) bond motifs is 1. The van der Waals surface area contributed by atoms with Crippen molar-refractivity contribution in [3.63, 3.8) is 0 Å². The number of hydrogen-bond acceptors (Lipinski definition) is 4. The van der Waals surface area contributed by atoms with E-state index in [9.17, 15) is 13.6 Å². The number of halogens is 2. The van der Waals surface area contributed by atoms with Crippen molar-refractivity contribution in [3.05, 3.63) is 101 Å². The quantitative estimate of drug-likeness (QED) is 0.424. The molecule has 0 radical (unpaired) electrons. The molecule has 2 unspecified atom stereocenters. The summed E-state index contributed by atoms with van der Waals surface area (Å²) in [4.78, 5) is 20.6. The number of esters is 1. The highest BCUT2D eigenvalue weighted by molar-refractivity contribution is 5.80. The third-order valence-corrected chi connectivity index (χ3v) is 5.87. The summed E-state index contributed by atoms with van der Waals surface area (Å²) in [6, 6.07) is 20.1. The van der Waals surface area contributed by atoms with E-state index in [1.165, 1.54) is 0 Å². The van der Waals surface area contributed by atoms with Crippen LogP contribution in [0, 0.1) is 17.6 Å². The molecule has 3 aromatic carbocycles. The molecule has 33 heavy (non-hydrogen) atoms. The van der Waals surface area contributed by atoms with Gasteiger partial charge in [-0.25, -0.2) is 13.8 Å². The van der Waals surface area contributed by atoms with Gasteiger partial charge in [-0.3, -0.25) is 4.79 Å². The molecule has 1 aliphatic heterocycles. The number of aromatic nitrogens is 2. The first-order valence-electron chi connectivity index (χ1n) is 10.5. The van der Waals surface area contributed by atoms with Gasteiger partial charge in [0.15, 0.2) is 0 Å². The lowest BCUT2D eigenvalue weighted by Gasteiger charge is -2.29. The van der Waals surface area contributed by atoms with E-state index >= 15 is 0 Å². The predicted molar refractivity (Wildman–Crippen MR) is 118 cm³/mol. The zero-order valence-corrected chi connectivity index (χ0v) is 17.7. The molecule has 1 N–H and O–H groups in total. The minimum absolute atomic E-state index is 0.0338. The van der Waals surface area contributed by atoms with Crippen LogP contribution in [0.3, 0.4) is 0 Å². The number of carbonyl (C=O) groups excluding carboxylic acids is 1. The SMILES string of the molecule is COc1ccccc1CC1C(=O)Oc2[nH]c(-c3cc(F)ccc3F)nc2C1c1ccccc1. The van der Waals surface area contributed by atoms with Gasteiger partial charge in [0, 0.05) is 5.92 Å². The smallest absolute Gasteiger partial charge is 0.317 e. The molecule has 4 aromatic rings. The van der Waals surface area contributed by atoms with Crippen LogP contribution in [0.25, 0.3) is 11.4 Å². The highest BCUT2D eigenvalue weighted by Gasteiger charge is 2.42. The van der Waals surface area contributed by atoms with E-state index in [-0.39, 0.29) is 17.3 Å². The molecule has 1 aliphatic rings. The monoisotopic (exact) mass is 446 g/mol. The lowest BCUT2D eigenvalue weighted by Crippen LogP contribution is -2.34. The number of benzene rings is 3. The standard InChI is InChI=1S/C26H20F2N2O3/c1-32-21-10-6-5-9-16(21)13-19-22(15-7-3-2-4-8-15)23-25(33-26(19)31)30-24(29-23)18-14-17(27)11-12-20(18)28/h2-12,14,19,22H,13H2,1H3,(H,29,30). The Labute approximate surface area is 189 Å². The molecule has 2 heterocycles. The van der Waals surface area contributed by atoms with Crippen molar-refractivity contribution in [1.82, 2.24) is 9.97 Å². The van der Waals surface area contributed by atoms with Crippen LogP contribution in [-0.4, -0.2) is 23.0 Å². The summed E-state index contributed by atoms with van der Waals surface area (Å²) in [7, 11) is 1.58. The molecule has 7 heteroatoms. The summed E-state index contributed by atoms with van der Waals surface area (Å²) < 4.78 is 39.3. The van der Waals surface area contributed by atoms with E-state index < -0.39 is 29.4 Å². The summed E-state index contributed by atoms with van der Waals surface area (Å²) >= 11 is 0. The van der Waals surface area contributed by atoms with E-state index in [2.05, 4.69) is 9.97 Å². The predicted octanol–water partition coefficient (Wildman–Crippen LogP) is 5.27. The zero-order valence-electron chi connectivity index (χ0n) is 17.7. The molecule has 0 aliphatic carbocycles. The van der Waals surface area contributed by atoms with Gasteiger partial charge in [0.25, 0.3) is 0 Å². The number of methoxy groups -OCH3 is 1. The minimum atomic E-state index is -0.629. The lowest BCUT2D eigenvalue weighted by atomic mass is 9.79. The number of para-hydroxylation sites is 1. The molecule has 5 nitrogen and oxygen atoms in total. The molecule has 0 spiro atoms. The number of carbonyl (C=O) groups is 1. The van der Waals surface area contributed by atoms with Crippen LogP contribution in [0.15, 0.2) is 72.8 Å². The van der Waals surface area contributed by atoms with Crippen LogP contribution in [0.1, 0.15) is 22.7 Å². The summed E-state index contributed by atoms with van der Waals surface area (Å²) in [6.45, 7) is 0. The highest BCUT2D eigenvalue weighted by atomic mass is 19.1. The first-order chi connectivity index (χ1) is 16.0. The second-order valence-corrected chi connectivity index (χ2v) is 7.86. The molecule has 0 saturated heterocycles. The number of nitrogens with one attached hydrogen (secondary N) is 1. The van der Waals surface area contributed by atoms with Crippen molar-refractivity contribution >= 4 is 5.97 Å². The van der Waals surface area contributed by atoms with Crippen molar-refractivity contribution < 1.29 is 23.0 Å². The molecule has 0 bridgehead atoms. The molecule has 5 rings (SSSR count). The highest BCUT2D eigenvalue weighted by Crippen LogP contribution is 2.44. The Balaban J connectivity index is 1.62. The van der Waals surface area contributed by atoms with Crippen molar-refractivity contribution in [3.8, 4) is 23.0 Å². The molecule has 0 saturated carbocycles. The molecule has 0 amide bonds. The fourth-order valence-electron chi connectivity index (χ4n) is 4.33. The van der Waals surface area contributed by atoms with Crippen molar-refractivity contribution in [2.75, 3.05) is 7.11 Å². The van der Waals surface area contributed by atoms with Crippen LogP contribution in [0.5, 0.6) is 11.6 Å². The number of aromatic amines is 1. The van der Waals surface area contributed by atoms with Crippen LogP contribution < -0.4 is 9.47 Å². The summed E-state index contributed by atoms with van der Waals surface area (Å²) in [6.07, 6.45) is 0.359. The minimum Gasteiger partial charge on any atom is -0.496 e. The molecular formula is C26H20F2N2O3. The normalized spacial score (nSPS) is 17.4. The van der Waals surface area contributed by atoms with Crippen LogP contribution in [0.2, 0.25) is 0 Å². The Morgan fingerprint density at radius 1 is 1.03 bits per heavy atom. The largest absolute Gasteiger partial charge is 0.496 e. The number of imidazole rings is 1. The number of H-pyrrole nitrogens is 1. The fraction of sp³-hybridized carbons (Fsp3) is 0.154. The van der Waals surface area contributed by atoms with Crippen LogP contribution in [-0.2, 0) is 11.2 Å². The Hall–Kier alpha value is -4.00. The maximum atomic E-state index is 14.4. The third-order valence-electron chi connectivity index (χ3n) is 5.87. The Kier molecular flexibility index (Phi) is 5.38. The Morgan fingerprint density at radius 2 is 1.79 bits per heavy atom. The van der Waals surface area contributed by atoms with Gasteiger partial charge in [0.1, 0.15) is 28.9 Å². The molecule has 0 fully saturated rings. The third kappa shape index (κ3) is 3.86. The fourth-order valence-corrected chi connectivity index (χ4v) is 4.33. The molecule has 2 atom stereocenters.